The van der Waals surface area contributed by atoms with E-state index in [4.69, 9.17) is 17.0 Å². The van der Waals surface area contributed by atoms with Crippen molar-refractivity contribution in [1.29, 1.82) is 0 Å². The Bertz CT molecular complexity index is 892. The van der Waals surface area contributed by atoms with Gasteiger partial charge in [-0.3, -0.25) is 5.43 Å². The van der Waals surface area contributed by atoms with E-state index in [-0.39, 0.29) is 5.97 Å². The molecule has 3 rings (SSSR count). The van der Waals surface area contributed by atoms with Crippen molar-refractivity contribution in [1.82, 2.24) is 5.43 Å². The second-order valence-electron chi connectivity index (χ2n) is 5.13. The minimum Gasteiger partial charge on any atom is -0.422 e. The third kappa shape index (κ3) is 5.23. The highest BCUT2D eigenvalue weighted by Crippen LogP contribution is 2.16. The smallest absolute Gasteiger partial charge is 0.353 e. The van der Waals surface area contributed by atoms with Crippen LogP contribution in [0.25, 0.3) is 0 Å². The van der Waals surface area contributed by atoms with Crippen molar-refractivity contribution in [3.8, 4) is 5.75 Å². The van der Waals surface area contributed by atoms with Crippen LogP contribution in [0.4, 0.5) is 5.69 Å². The molecule has 0 bridgehead atoms. The summed E-state index contributed by atoms with van der Waals surface area (Å²) in [4.78, 5) is 12.5. The van der Waals surface area contributed by atoms with E-state index < -0.39 is 0 Å². The number of para-hydroxylation sites is 1. The van der Waals surface area contributed by atoms with Crippen LogP contribution in [0.1, 0.15) is 15.2 Å². The summed E-state index contributed by atoms with van der Waals surface area (Å²) in [6, 6.07) is 20.2. The fourth-order valence-corrected chi connectivity index (χ4v) is 2.79. The van der Waals surface area contributed by atoms with Gasteiger partial charge in [0.15, 0.2) is 5.11 Å². The molecule has 1 heterocycles. The molecule has 0 atom stereocenters. The zero-order valence-electron chi connectivity index (χ0n) is 13.6. The number of thiophene rings is 1. The first-order valence-corrected chi connectivity index (χ1v) is 9.00. The quantitative estimate of drug-likeness (QED) is 0.227. The number of ether oxygens (including phenoxy) is 1. The van der Waals surface area contributed by atoms with Gasteiger partial charge in [0, 0.05) is 5.69 Å². The molecule has 130 valence electrons. The maximum atomic E-state index is 11.9. The van der Waals surface area contributed by atoms with Gasteiger partial charge in [-0.25, -0.2) is 4.79 Å². The lowest BCUT2D eigenvalue weighted by Crippen LogP contribution is -2.23. The summed E-state index contributed by atoms with van der Waals surface area (Å²) in [5.41, 5.74) is 4.48. The van der Waals surface area contributed by atoms with E-state index in [1.807, 2.05) is 41.8 Å². The van der Waals surface area contributed by atoms with Crippen LogP contribution in [0.3, 0.4) is 0 Å². The van der Waals surface area contributed by atoms with Crippen molar-refractivity contribution in [2.75, 3.05) is 5.32 Å². The molecule has 0 radical (unpaired) electrons. The zero-order valence-corrected chi connectivity index (χ0v) is 15.2. The Morgan fingerprint density at radius 2 is 1.81 bits per heavy atom. The standard InChI is InChI=1S/C19H15N3O2S2/c23-18(17-7-4-12-26-17)24-16-10-8-14(9-11-16)13-20-22-19(25)21-15-5-2-1-3-6-15/h1-13H,(H2,21,22,25)/b20-13+. The van der Waals surface area contributed by atoms with Crippen molar-refractivity contribution in [3.05, 3.63) is 82.6 Å². The van der Waals surface area contributed by atoms with Crippen LogP contribution in [-0.4, -0.2) is 17.3 Å². The molecule has 0 aliphatic rings. The van der Waals surface area contributed by atoms with Crippen molar-refractivity contribution >= 4 is 46.5 Å². The van der Waals surface area contributed by atoms with E-state index in [1.165, 1.54) is 11.3 Å². The Morgan fingerprint density at radius 1 is 1.04 bits per heavy atom. The number of hydrogen-bond donors (Lipinski definition) is 2. The summed E-state index contributed by atoms with van der Waals surface area (Å²) in [5, 5.41) is 9.34. The van der Waals surface area contributed by atoms with Crippen LogP contribution in [-0.2, 0) is 0 Å². The summed E-state index contributed by atoms with van der Waals surface area (Å²) in [6.45, 7) is 0. The Kier molecular flexibility index (Phi) is 6.08. The Hall–Kier alpha value is -3.03. The lowest BCUT2D eigenvalue weighted by molar-refractivity contribution is 0.0740. The van der Waals surface area contributed by atoms with Crippen molar-refractivity contribution < 1.29 is 9.53 Å². The lowest BCUT2D eigenvalue weighted by atomic mass is 10.2. The number of rotatable bonds is 5. The minimum atomic E-state index is -0.361. The molecule has 3 aromatic rings. The largest absolute Gasteiger partial charge is 0.422 e. The van der Waals surface area contributed by atoms with Gasteiger partial charge in [0.25, 0.3) is 0 Å². The first kappa shape index (κ1) is 17.8. The number of esters is 1. The third-order valence-corrected chi connectivity index (χ3v) is 4.27. The zero-order chi connectivity index (χ0) is 18.2. The van der Waals surface area contributed by atoms with Gasteiger partial charge in [-0.15, -0.1) is 11.3 Å². The van der Waals surface area contributed by atoms with E-state index in [0.29, 0.717) is 15.7 Å². The average Bonchev–Trinajstić information content (AvgIpc) is 3.19. The summed E-state index contributed by atoms with van der Waals surface area (Å²) >= 11 is 6.51. The Morgan fingerprint density at radius 3 is 2.50 bits per heavy atom. The molecule has 2 N–H and O–H groups in total. The van der Waals surface area contributed by atoms with Crippen LogP contribution in [0.2, 0.25) is 0 Å². The third-order valence-electron chi connectivity index (χ3n) is 3.22. The molecular weight excluding hydrogens is 366 g/mol. The Labute approximate surface area is 160 Å². The molecule has 0 fully saturated rings. The van der Waals surface area contributed by atoms with Gasteiger partial charge in [0.1, 0.15) is 10.6 Å². The minimum absolute atomic E-state index is 0.361. The molecule has 2 aromatic carbocycles. The summed E-state index contributed by atoms with van der Waals surface area (Å²) in [7, 11) is 0. The second-order valence-corrected chi connectivity index (χ2v) is 6.48. The van der Waals surface area contributed by atoms with Crippen molar-refractivity contribution in [3.63, 3.8) is 0 Å². The van der Waals surface area contributed by atoms with E-state index in [9.17, 15) is 4.79 Å². The molecule has 5 nitrogen and oxygen atoms in total. The van der Waals surface area contributed by atoms with E-state index in [2.05, 4.69) is 15.8 Å². The van der Waals surface area contributed by atoms with Crippen LogP contribution in [0, 0.1) is 0 Å². The molecule has 0 saturated heterocycles. The molecule has 0 aliphatic carbocycles. The highest BCUT2D eigenvalue weighted by molar-refractivity contribution is 7.80. The molecule has 0 aliphatic heterocycles. The van der Waals surface area contributed by atoms with Gasteiger partial charge in [0.2, 0.25) is 0 Å². The second kappa shape index (κ2) is 8.89. The maximum absolute atomic E-state index is 11.9. The highest BCUT2D eigenvalue weighted by atomic mass is 32.1. The van der Waals surface area contributed by atoms with Gasteiger partial charge in [0.05, 0.1) is 6.21 Å². The van der Waals surface area contributed by atoms with E-state index in [0.717, 1.165) is 11.3 Å². The van der Waals surface area contributed by atoms with Crippen LogP contribution < -0.4 is 15.5 Å². The van der Waals surface area contributed by atoms with Crippen LogP contribution in [0.15, 0.2) is 77.2 Å². The first-order chi connectivity index (χ1) is 12.7. The topological polar surface area (TPSA) is 62.7 Å². The van der Waals surface area contributed by atoms with Gasteiger partial charge in [-0.1, -0.05) is 24.3 Å². The predicted octanol–water partition coefficient (Wildman–Crippen LogP) is 4.29. The number of thiocarbonyl (C=S) groups is 1. The van der Waals surface area contributed by atoms with Crippen molar-refractivity contribution in [2.45, 2.75) is 0 Å². The predicted molar refractivity (Wildman–Crippen MR) is 109 cm³/mol. The molecule has 0 saturated carbocycles. The summed E-state index contributed by atoms with van der Waals surface area (Å²) in [5.74, 6) is 0.121. The molecule has 7 heteroatoms. The number of nitrogens with zero attached hydrogens (tertiary/aromatic N) is 1. The molecule has 0 spiro atoms. The van der Waals surface area contributed by atoms with Crippen molar-refractivity contribution in [2.24, 2.45) is 5.10 Å². The number of nitrogens with one attached hydrogen (secondary N) is 2. The molecule has 0 amide bonds. The highest BCUT2D eigenvalue weighted by Gasteiger charge is 2.08. The average molecular weight is 381 g/mol. The summed E-state index contributed by atoms with van der Waals surface area (Å²) < 4.78 is 5.30. The number of carbonyl (C=O) groups is 1. The fraction of sp³-hybridized carbons (Fsp3) is 0. The molecule has 26 heavy (non-hydrogen) atoms. The number of benzene rings is 2. The Balaban J connectivity index is 1.50. The van der Waals surface area contributed by atoms with Gasteiger partial charge in [-0.05, 0) is 65.6 Å². The van der Waals surface area contributed by atoms with Crippen LogP contribution in [0.5, 0.6) is 5.75 Å². The lowest BCUT2D eigenvalue weighted by Gasteiger charge is -2.06. The molecular formula is C19H15N3O2S2. The van der Waals surface area contributed by atoms with Crippen LogP contribution >= 0.6 is 23.6 Å². The maximum Gasteiger partial charge on any atom is 0.353 e. The van der Waals surface area contributed by atoms with Gasteiger partial charge >= 0.3 is 5.97 Å². The van der Waals surface area contributed by atoms with E-state index >= 15 is 0 Å². The molecule has 0 unspecified atom stereocenters. The van der Waals surface area contributed by atoms with Gasteiger partial charge in [-0.2, -0.15) is 5.10 Å². The summed E-state index contributed by atoms with van der Waals surface area (Å²) in [6.07, 6.45) is 1.63. The van der Waals surface area contributed by atoms with Gasteiger partial charge < -0.3 is 10.1 Å². The normalized spacial score (nSPS) is 10.5. The number of hydrogen-bond acceptors (Lipinski definition) is 5. The monoisotopic (exact) mass is 381 g/mol. The first-order valence-electron chi connectivity index (χ1n) is 7.71. The molecule has 1 aromatic heterocycles. The fourth-order valence-electron chi connectivity index (χ4n) is 2.02. The number of anilines is 1. The number of hydrazone groups is 1. The SMILES string of the molecule is O=C(Oc1ccc(/C=N/NC(=S)Nc2ccccc2)cc1)c1cccs1. The number of carbonyl (C=O) groups excluding carboxylic acids is 1. The van der Waals surface area contributed by atoms with E-state index in [1.54, 1.807) is 36.5 Å².